The molecular formula is C26H25Cl2N5O2. The topological polar surface area (TPSA) is 85.2 Å². The van der Waals surface area contributed by atoms with Crippen LogP contribution >= 0.6 is 23.2 Å². The van der Waals surface area contributed by atoms with Crippen molar-refractivity contribution in [3.63, 3.8) is 0 Å². The van der Waals surface area contributed by atoms with Crippen LogP contribution in [0.5, 0.6) is 5.75 Å². The van der Waals surface area contributed by atoms with Gasteiger partial charge >= 0.3 is 0 Å². The predicted octanol–water partition coefficient (Wildman–Crippen LogP) is 6.32. The van der Waals surface area contributed by atoms with Gasteiger partial charge in [0.1, 0.15) is 22.7 Å². The van der Waals surface area contributed by atoms with E-state index in [1.165, 1.54) is 0 Å². The summed E-state index contributed by atoms with van der Waals surface area (Å²) >= 11 is 12.8. The molecule has 1 N–H and O–H groups in total. The number of hydrogen-bond donors (Lipinski definition) is 1. The first-order valence-electron chi connectivity index (χ1n) is 11.7. The highest BCUT2D eigenvalue weighted by molar-refractivity contribution is 6.37. The number of hydrogen-bond acceptors (Lipinski definition) is 5. The molecule has 1 amide bonds. The lowest BCUT2D eigenvalue weighted by Gasteiger charge is -2.36. The molecule has 2 aliphatic rings. The van der Waals surface area contributed by atoms with Crippen molar-refractivity contribution in [2.75, 3.05) is 18.1 Å². The number of nitrogens with one attached hydrogen (secondary N) is 1. The van der Waals surface area contributed by atoms with E-state index in [9.17, 15) is 10.1 Å². The van der Waals surface area contributed by atoms with Crippen LogP contribution in [0.1, 0.15) is 61.1 Å². The van der Waals surface area contributed by atoms with Gasteiger partial charge in [0, 0.05) is 23.7 Å². The van der Waals surface area contributed by atoms with E-state index in [0.29, 0.717) is 44.0 Å². The Balaban J connectivity index is 1.63. The summed E-state index contributed by atoms with van der Waals surface area (Å²) in [7, 11) is 0. The molecule has 9 heteroatoms. The smallest absolute Gasteiger partial charge is 0.291 e. The first-order valence-corrected chi connectivity index (χ1v) is 12.4. The molecule has 7 nitrogen and oxygen atoms in total. The molecule has 35 heavy (non-hydrogen) atoms. The van der Waals surface area contributed by atoms with Crippen molar-refractivity contribution in [2.45, 2.75) is 45.1 Å². The normalized spacial score (nSPS) is 16.9. The molecule has 0 unspecified atom stereocenters. The van der Waals surface area contributed by atoms with E-state index < -0.39 is 5.60 Å². The van der Waals surface area contributed by atoms with Gasteiger partial charge in [0.05, 0.1) is 27.9 Å². The van der Waals surface area contributed by atoms with Crippen LogP contribution in [0.2, 0.25) is 10.0 Å². The molecule has 5 rings (SSSR count). The van der Waals surface area contributed by atoms with Crippen LogP contribution in [0.25, 0.3) is 11.3 Å². The van der Waals surface area contributed by atoms with Crippen molar-refractivity contribution in [1.29, 1.82) is 5.26 Å². The van der Waals surface area contributed by atoms with Gasteiger partial charge in [0.25, 0.3) is 5.91 Å². The lowest BCUT2D eigenvalue weighted by atomic mass is 9.88. The molecule has 0 bridgehead atoms. The number of nitrogens with zero attached hydrogens (tertiary/aromatic N) is 4. The van der Waals surface area contributed by atoms with Crippen LogP contribution in [-0.2, 0) is 5.60 Å². The number of fused-ring (bicyclic) bond motifs is 3. The highest BCUT2D eigenvalue weighted by Crippen LogP contribution is 2.46. The second-order valence-electron chi connectivity index (χ2n) is 9.34. The van der Waals surface area contributed by atoms with E-state index in [1.807, 2.05) is 13.8 Å². The number of rotatable bonds is 3. The Morgan fingerprint density at radius 1 is 1.14 bits per heavy atom. The van der Waals surface area contributed by atoms with Gasteiger partial charge in [-0.2, -0.15) is 10.4 Å². The van der Waals surface area contributed by atoms with Crippen molar-refractivity contribution < 1.29 is 9.53 Å². The monoisotopic (exact) mass is 509 g/mol. The maximum absolute atomic E-state index is 14.3. The van der Waals surface area contributed by atoms with Gasteiger partial charge in [-0.1, -0.05) is 36.0 Å². The molecule has 0 spiro atoms. The number of halogens is 2. The lowest BCUT2D eigenvalue weighted by Crippen LogP contribution is -2.48. The number of carbonyl (C=O) groups excluding carboxylic acids is 1. The molecule has 0 atom stereocenters. The number of aromatic nitrogens is 2. The second kappa shape index (κ2) is 9.19. The van der Waals surface area contributed by atoms with Crippen molar-refractivity contribution in [2.24, 2.45) is 0 Å². The predicted molar refractivity (Wildman–Crippen MR) is 136 cm³/mol. The fourth-order valence-corrected chi connectivity index (χ4v) is 5.37. The molecule has 3 aromatic rings. The fourth-order valence-electron chi connectivity index (χ4n) is 4.88. The SMILES string of the molecule is CC1(C)Oc2cc(C#N)ccc2-c2n[nH]c(C(=O)N(c3ccc(Cl)cc3Cl)N3CCCCCC3)c21. The Morgan fingerprint density at radius 2 is 1.89 bits per heavy atom. The fraction of sp³-hybridized carbons (Fsp3) is 0.346. The standard InChI is InChI=1S/C26H25Cl2N5O2/c1-26(2)22-23(18-9-7-16(15-29)13-21(18)35-26)30-31-24(22)25(34)33(32-11-5-3-4-6-12-32)20-10-8-17(27)14-19(20)28/h7-10,13-14H,3-6,11-12H2,1-2H3,(H,30,31). The van der Waals surface area contributed by atoms with E-state index in [0.717, 1.165) is 44.3 Å². The van der Waals surface area contributed by atoms with E-state index >= 15 is 0 Å². The van der Waals surface area contributed by atoms with Crippen LogP contribution in [0, 0.1) is 11.3 Å². The van der Waals surface area contributed by atoms with Gasteiger partial charge in [0.2, 0.25) is 0 Å². The third-order valence-corrected chi connectivity index (χ3v) is 7.05. The van der Waals surface area contributed by atoms with Gasteiger partial charge in [-0.3, -0.25) is 9.89 Å². The molecule has 0 aliphatic carbocycles. The largest absolute Gasteiger partial charge is 0.482 e. The molecule has 1 saturated heterocycles. The zero-order valence-corrected chi connectivity index (χ0v) is 21.1. The minimum absolute atomic E-state index is 0.265. The van der Waals surface area contributed by atoms with Crippen LogP contribution < -0.4 is 9.75 Å². The second-order valence-corrected chi connectivity index (χ2v) is 10.2. The Kier molecular flexibility index (Phi) is 6.22. The van der Waals surface area contributed by atoms with Crippen molar-refractivity contribution >= 4 is 34.8 Å². The van der Waals surface area contributed by atoms with Crippen molar-refractivity contribution in [3.8, 4) is 23.1 Å². The van der Waals surface area contributed by atoms with Crippen LogP contribution in [-0.4, -0.2) is 34.2 Å². The van der Waals surface area contributed by atoms with E-state index in [2.05, 4.69) is 21.3 Å². The number of carbonyl (C=O) groups is 1. The Labute approximate surface area is 214 Å². The third kappa shape index (κ3) is 4.27. The van der Waals surface area contributed by atoms with Gasteiger partial charge in [-0.15, -0.1) is 0 Å². The number of anilines is 1. The average molecular weight is 510 g/mol. The summed E-state index contributed by atoms with van der Waals surface area (Å²) < 4.78 is 6.29. The molecule has 2 aliphatic heterocycles. The Bertz CT molecular complexity index is 1340. The molecule has 180 valence electrons. The minimum Gasteiger partial charge on any atom is -0.482 e. The highest BCUT2D eigenvalue weighted by Gasteiger charge is 2.41. The summed E-state index contributed by atoms with van der Waals surface area (Å²) in [5.74, 6) is 0.302. The van der Waals surface area contributed by atoms with E-state index in [-0.39, 0.29) is 5.91 Å². The first-order chi connectivity index (χ1) is 16.8. The van der Waals surface area contributed by atoms with Gasteiger partial charge < -0.3 is 4.74 Å². The maximum Gasteiger partial charge on any atom is 0.291 e. The first kappa shape index (κ1) is 23.7. The van der Waals surface area contributed by atoms with Gasteiger partial charge in [-0.05, 0) is 63.1 Å². The highest BCUT2D eigenvalue weighted by atomic mass is 35.5. The zero-order chi connectivity index (χ0) is 24.7. The van der Waals surface area contributed by atoms with Gasteiger partial charge in [0.15, 0.2) is 0 Å². The quantitative estimate of drug-likeness (QED) is 0.446. The van der Waals surface area contributed by atoms with Crippen LogP contribution in [0.3, 0.4) is 0 Å². The maximum atomic E-state index is 14.3. The van der Waals surface area contributed by atoms with Crippen molar-refractivity contribution in [1.82, 2.24) is 15.2 Å². The Morgan fingerprint density at radius 3 is 2.57 bits per heavy atom. The summed E-state index contributed by atoms with van der Waals surface area (Å²) in [6, 6.07) is 12.5. The molecule has 2 aromatic carbocycles. The van der Waals surface area contributed by atoms with Crippen LogP contribution in [0.15, 0.2) is 36.4 Å². The zero-order valence-electron chi connectivity index (χ0n) is 19.6. The Hall–Kier alpha value is -3.05. The summed E-state index contributed by atoms with van der Waals surface area (Å²) in [5, 5.41) is 21.4. The number of ether oxygens (including phenoxy) is 1. The molecule has 0 saturated carbocycles. The summed E-state index contributed by atoms with van der Waals surface area (Å²) in [6.07, 6.45) is 4.21. The summed E-state index contributed by atoms with van der Waals surface area (Å²) in [5.41, 5.74) is 2.60. The molecule has 3 heterocycles. The van der Waals surface area contributed by atoms with Crippen molar-refractivity contribution in [3.05, 3.63) is 63.3 Å². The van der Waals surface area contributed by atoms with E-state index in [1.54, 1.807) is 41.4 Å². The number of hydrazine groups is 1. The number of H-pyrrole nitrogens is 1. The molecule has 0 radical (unpaired) electrons. The average Bonchev–Trinajstić information content (AvgIpc) is 3.12. The van der Waals surface area contributed by atoms with Crippen LogP contribution in [0.4, 0.5) is 5.69 Å². The molecule has 1 fully saturated rings. The molecule has 1 aromatic heterocycles. The summed E-state index contributed by atoms with van der Waals surface area (Å²) in [6.45, 7) is 5.26. The third-order valence-electron chi connectivity index (χ3n) is 6.51. The lowest BCUT2D eigenvalue weighted by molar-refractivity contribution is 0.0853. The van der Waals surface area contributed by atoms with Gasteiger partial charge in [-0.25, -0.2) is 10.0 Å². The number of benzene rings is 2. The number of amides is 1. The summed E-state index contributed by atoms with van der Waals surface area (Å²) in [4.78, 5) is 14.3. The number of aromatic amines is 1. The molecular weight excluding hydrogens is 485 g/mol. The number of nitriles is 1. The van der Waals surface area contributed by atoms with E-state index in [4.69, 9.17) is 27.9 Å². The minimum atomic E-state index is -0.858.